The van der Waals surface area contributed by atoms with E-state index in [1.54, 1.807) is 26.4 Å². The molecule has 0 bridgehead atoms. The molecule has 8 heteroatoms. The quantitative estimate of drug-likeness (QED) is 0.690. The number of halogens is 2. The van der Waals surface area contributed by atoms with Crippen LogP contribution >= 0.6 is 12.2 Å². The SMILES string of the molecule is COc1ccc([C@H]2CCCN2C(=S)Nc2ccc(OC(F)F)cc2)c(OC)c1. The van der Waals surface area contributed by atoms with Crippen LogP contribution in [0.3, 0.4) is 0 Å². The van der Waals surface area contributed by atoms with E-state index in [4.69, 9.17) is 21.7 Å². The number of methoxy groups -OCH3 is 2. The zero-order chi connectivity index (χ0) is 20.1. The zero-order valence-corrected chi connectivity index (χ0v) is 16.5. The van der Waals surface area contributed by atoms with Gasteiger partial charge in [-0.2, -0.15) is 8.78 Å². The molecule has 1 atom stereocenters. The van der Waals surface area contributed by atoms with E-state index in [9.17, 15) is 8.78 Å². The Kier molecular flexibility index (Phi) is 6.51. The third-order valence-electron chi connectivity index (χ3n) is 4.64. The first-order valence-electron chi connectivity index (χ1n) is 8.86. The van der Waals surface area contributed by atoms with Crippen molar-refractivity contribution in [1.29, 1.82) is 0 Å². The maximum atomic E-state index is 12.3. The van der Waals surface area contributed by atoms with Gasteiger partial charge in [-0.1, -0.05) is 0 Å². The second-order valence-corrected chi connectivity index (χ2v) is 6.68. The molecule has 0 radical (unpaired) electrons. The van der Waals surface area contributed by atoms with Gasteiger partial charge in [0.2, 0.25) is 0 Å². The fourth-order valence-corrected chi connectivity index (χ4v) is 3.68. The first-order chi connectivity index (χ1) is 13.5. The van der Waals surface area contributed by atoms with Crippen LogP contribution in [0.15, 0.2) is 42.5 Å². The Morgan fingerprint density at radius 3 is 2.46 bits per heavy atom. The zero-order valence-electron chi connectivity index (χ0n) is 15.7. The van der Waals surface area contributed by atoms with E-state index in [0.717, 1.165) is 36.4 Å². The number of rotatable bonds is 6. The molecule has 0 amide bonds. The van der Waals surface area contributed by atoms with Crippen molar-refractivity contribution in [3.8, 4) is 17.2 Å². The van der Waals surface area contributed by atoms with E-state index >= 15 is 0 Å². The van der Waals surface area contributed by atoms with Crippen LogP contribution in [-0.4, -0.2) is 37.4 Å². The van der Waals surface area contributed by atoms with Crippen LogP contribution in [0.25, 0.3) is 0 Å². The summed E-state index contributed by atoms with van der Waals surface area (Å²) in [7, 11) is 3.25. The number of hydrogen-bond donors (Lipinski definition) is 1. The normalized spacial score (nSPS) is 16.2. The van der Waals surface area contributed by atoms with Gasteiger partial charge in [0.05, 0.1) is 20.3 Å². The predicted molar refractivity (Wildman–Crippen MR) is 108 cm³/mol. The Labute approximate surface area is 168 Å². The van der Waals surface area contributed by atoms with Crippen molar-refractivity contribution in [3.05, 3.63) is 48.0 Å². The Balaban J connectivity index is 1.73. The van der Waals surface area contributed by atoms with Crippen LogP contribution in [0.1, 0.15) is 24.4 Å². The van der Waals surface area contributed by atoms with Gasteiger partial charge in [0.25, 0.3) is 0 Å². The number of nitrogens with one attached hydrogen (secondary N) is 1. The van der Waals surface area contributed by atoms with Gasteiger partial charge in [-0.15, -0.1) is 0 Å². The molecule has 0 unspecified atom stereocenters. The van der Waals surface area contributed by atoms with Crippen LogP contribution in [0, 0.1) is 0 Å². The minimum atomic E-state index is -2.84. The lowest BCUT2D eigenvalue weighted by Crippen LogP contribution is -2.34. The molecule has 3 rings (SSSR count). The summed E-state index contributed by atoms with van der Waals surface area (Å²) in [6.07, 6.45) is 1.95. The van der Waals surface area contributed by atoms with Crippen LogP contribution in [0.5, 0.6) is 17.2 Å². The fourth-order valence-electron chi connectivity index (χ4n) is 3.34. The molecule has 2 aromatic carbocycles. The maximum absolute atomic E-state index is 12.3. The molecule has 1 saturated heterocycles. The lowest BCUT2D eigenvalue weighted by molar-refractivity contribution is -0.0498. The molecule has 0 saturated carbocycles. The van der Waals surface area contributed by atoms with Gasteiger partial charge in [0.1, 0.15) is 17.2 Å². The highest BCUT2D eigenvalue weighted by molar-refractivity contribution is 7.80. The van der Waals surface area contributed by atoms with Crippen LogP contribution < -0.4 is 19.5 Å². The topological polar surface area (TPSA) is 43.0 Å². The van der Waals surface area contributed by atoms with Crippen LogP contribution in [0.2, 0.25) is 0 Å². The van der Waals surface area contributed by atoms with Gasteiger partial charge < -0.3 is 24.4 Å². The summed E-state index contributed by atoms with van der Waals surface area (Å²) in [5, 5.41) is 3.75. The first-order valence-corrected chi connectivity index (χ1v) is 9.27. The van der Waals surface area contributed by atoms with Crippen molar-refractivity contribution in [3.63, 3.8) is 0 Å². The van der Waals surface area contributed by atoms with Crippen LogP contribution in [-0.2, 0) is 0 Å². The summed E-state index contributed by atoms with van der Waals surface area (Å²) in [5.74, 6) is 1.60. The lowest BCUT2D eigenvalue weighted by Gasteiger charge is -2.29. The van der Waals surface area contributed by atoms with Crippen molar-refractivity contribution in [2.75, 3.05) is 26.1 Å². The molecule has 0 aromatic heterocycles. The maximum Gasteiger partial charge on any atom is 0.387 e. The average Bonchev–Trinajstić information content (AvgIpc) is 3.18. The van der Waals surface area contributed by atoms with Crippen molar-refractivity contribution < 1.29 is 23.0 Å². The number of benzene rings is 2. The lowest BCUT2D eigenvalue weighted by atomic mass is 10.0. The molecule has 1 fully saturated rings. The average molecular weight is 408 g/mol. The number of alkyl halides is 2. The third-order valence-corrected chi connectivity index (χ3v) is 4.98. The van der Waals surface area contributed by atoms with Crippen LogP contribution in [0.4, 0.5) is 14.5 Å². The molecule has 1 N–H and O–H groups in total. The number of likely N-dealkylation sites (tertiary alicyclic amines) is 1. The van der Waals surface area contributed by atoms with Gasteiger partial charge in [0, 0.05) is 23.9 Å². The molecule has 28 heavy (non-hydrogen) atoms. The third kappa shape index (κ3) is 4.62. The second-order valence-electron chi connectivity index (χ2n) is 6.29. The summed E-state index contributed by atoms with van der Waals surface area (Å²) >= 11 is 5.60. The van der Waals surface area contributed by atoms with Crippen molar-refractivity contribution >= 4 is 23.0 Å². The molecule has 1 aliphatic heterocycles. The minimum Gasteiger partial charge on any atom is -0.497 e. The molecule has 1 heterocycles. The largest absolute Gasteiger partial charge is 0.497 e. The molecule has 1 aliphatic rings. The van der Waals surface area contributed by atoms with Gasteiger partial charge in [-0.05, 0) is 61.5 Å². The van der Waals surface area contributed by atoms with Gasteiger partial charge in [-0.25, -0.2) is 0 Å². The molecule has 0 spiro atoms. The second kappa shape index (κ2) is 9.05. The van der Waals surface area contributed by atoms with E-state index in [1.807, 2.05) is 18.2 Å². The minimum absolute atomic E-state index is 0.0855. The number of nitrogens with zero attached hydrogens (tertiary/aromatic N) is 1. The number of thiocarbonyl (C=S) groups is 1. The summed E-state index contributed by atoms with van der Waals surface area (Å²) in [6, 6.07) is 12.1. The van der Waals surface area contributed by atoms with E-state index in [1.165, 1.54) is 12.1 Å². The monoisotopic (exact) mass is 408 g/mol. The van der Waals surface area contributed by atoms with E-state index < -0.39 is 6.61 Å². The molecule has 150 valence electrons. The Bertz CT molecular complexity index is 818. The van der Waals surface area contributed by atoms with Crippen molar-refractivity contribution in [2.45, 2.75) is 25.5 Å². The molecule has 2 aromatic rings. The highest BCUT2D eigenvalue weighted by Crippen LogP contribution is 2.39. The van der Waals surface area contributed by atoms with E-state index in [0.29, 0.717) is 10.8 Å². The Hall–Kier alpha value is -2.61. The fraction of sp³-hybridized carbons (Fsp3) is 0.350. The van der Waals surface area contributed by atoms with Gasteiger partial charge in [-0.3, -0.25) is 0 Å². The highest BCUT2D eigenvalue weighted by atomic mass is 32.1. The summed E-state index contributed by atoms with van der Waals surface area (Å²) in [6.45, 7) is -2.03. The molecule has 5 nitrogen and oxygen atoms in total. The standard InChI is InChI=1S/C20H22F2N2O3S/c1-25-15-9-10-16(18(12-15)26-2)17-4-3-11-24(17)20(28)23-13-5-7-14(8-6-13)27-19(21)22/h5-10,12,17,19H,3-4,11H2,1-2H3,(H,23,28)/t17-/m1/s1. The summed E-state index contributed by atoms with van der Waals surface area (Å²) < 4.78 is 39.7. The first kappa shape index (κ1) is 20.1. The Morgan fingerprint density at radius 1 is 1.11 bits per heavy atom. The van der Waals surface area contributed by atoms with Gasteiger partial charge >= 0.3 is 6.61 Å². The van der Waals surface area contributed by atoms with E-state index in [-0.39, 0.29) is 11.8 Å². The predicted octanol–water partition coefficient (Wildman–Crippen LogP) is 4.84. The summed E-state index contributed by atoms with van der Waals surface area (Å²) in [4.78, 5) is 2.11. The smallest absolute Gasteiger partial charge is 0.387 e. The Morgan fingerprint density at radius 2 is 1.82 bits per heavy atom. The molecular formula is C20H22F2N2O3S. The van der Waals surface area contributed by atoms with Crippen molar-refractivity contribution in [2.24, 2.45) is 0 Å². The van der Waals surface area contributed by atoms with Gasteiger partial charge in [0.15, 0.2) is 5.11 Å². The number of anilines is 1. The highest BCUT2D eigenvalue weighted by Gasteiger charge is 2.30. The summed E-state index contributed by atoms with van der Waals surface area (Å²) in [5.41, 5.74) is 1.75. The molecular weight excluding hydrogens is 386 g/mol. The number of hydrogen-bond acceptors (Lipinski definition) is 4. The van der Waals surface area contributed by atoms with E-state index in [2.05, 4.69) is 15.0 Å². The number of ether oxygens (including phenoxy) is 3. The molecule has 0 aliphatic carbocycles. The van der Waals surface area contributed by atoms with Crippen molar-refractivity contribution in [1.82, 2.24) is 4.90 Å².